The molecule has 2 aromatic carbocycles. The summed E-state index contributed by atoms with van der Waals surface area (Å²) in [6.07, 6.45) is 17.3. The number of hydrogen-bond donors (Lipinski definition) is 2. The van der Waals surface area contributed by atoms with Gasteiger partial charge in [-0.15, -0.1) is 0 Å². The number of sulfone groups is 1. The summed E-state index contributed by atoms with van der Waals surface area (Å²) in [4.78, 5) is 40.1. The molecule has 0 atom stereocenters. The SMILES string of the molecule is COCCOC1(C(N)=O)CCC(c2nc3c(-c4cnn(-c5ccccc5)c4)cnn3c(N(COCC[Si](C)(C)C)COCC[Si](C)(C)C)c2I)CC1.COCCOC1(C(N)=O)CCC(c2nc3c(-c4cnn(-c5ccccc5)c4)cnn3c(N(COCC[Si](C)(C)C)COCC[Si](C)(C)C)c2S(C)(=O)=O)CC1.C[S-](=O)=O.[Na+]. The number of carbonyl (C=O) groups excluding carboxylic acids is 2. The summed E-state index contributed by atoms with van der Waals surface area (Å²) in [5.74, 6) is -0.0121. The number of ether oxygens (including phenoxy) is 8. The summed E-state index contributed by atoms with van der Waals surface area (Å²) < 4.78 is 102. The number of nitrogens with two attached hydrogens (primary N) is 2. The van der Waals surface area contributed by atoms with E-state index >= 15 is 0 Å². The number of hydrogen-bond acceptors (Lipinski definition) is 23. The molecule has 2 aliphatic rings. The summed E-state index contributed by atoms with van der Waals surface area (Å²) in [5, 5.41) is 19.1. The molecular weight excluding hydrogens is 1660 g/mol. The van der Waals surface area contributed by atoms with E-state index < -0.39 is 75.9 Å². The number of halogens is 1. The van der Waals surface area contributed by atoms with Crippen molar-refractivity contribution in [1.29, 1.82) is 0 Å². The number of para-hydroxylation sites is 2. The number of anilines is 2. The van der Waals surface area contributed by atoms with Crippen LogP contribution in [0.15, 0.2) is 103 Å². The van der Waals surface area contributed by atoms with E-state index in [1.54, 1.807) is 35.8 Å². The standard InChI is InChI=1S/C38H59N7O7SSi2.C37H56IN7O5Si2.CH3O2S.Na/c1-49-18-19-52-38(37(39)46)16-14-29(15-17-38)33-34(53(2,47)48)36(43(27-50-20-22-54(3,4)5)28-51-21-23-55(6,7)8)45-35(42-33)32(25-41-45)30-24-40-44(26-30)31-12-10-9-11-13-31;1-47-17-18-50-37(36(39)46)15-13-28(14-16-37)33-32(38)35(43(26-48-19-21-51(2,3)4)27-49-20-22-52(5,6)7)45-34(42-33)31(24-41-45)29-23-40-44(25-29)30-11-9-8-10-12-30;1-4(2)3;/h9-13,24-26,29H,14-23,27-28H2,1-8H3,(H2,39,46);8-12,23-25,28H,13-22,26-27H2,1-7H3,(H2,39,46);1H3;/q;;-1;+1. The largest absolute Gasteiger partial charge is 1.00 e. The van der Waals surface area contributed by atoms with Crippen molar-refractivity contribution in [2.75, 3.05) is 116 Å². The Morgan fingerprint density at radius 1 is 0.527 bits per heavy atom. The van der Waals surface area contributed by atoms with E-state index in [4.69, 9.17) is 77.9 Å². The van der Waals surface area contributed by atoms with Gasteiger partial charge in [0.05, 0.1) is 77.5 Å². The second kappa shape index (κ2) is 42.3. The van der Waals surface area contributed by atoms with Gasteiger partial charge in [0.1, 0.15) is 43.0 Å². The van der Waals surface area contributed by atoms with E-state index in [1.165, 1.54) is 6.26 Å². The third-order valence-electron chi connectivity index (χ3n) is 19.6. The van der Waals surface area contributed by atoms with Gasteiger partial charge in [0.2, 0.25) is 11.8 Å². The Balaban J connectivity index is 0.000000294. The molecule has 28 nitrogen and oxygen atoms in total. The predicted molar refractivity (Wildman–Crippen MR) is 454 cm³/mol. The van der Waals surface area contributed by atoms with Crippen LogP contribution in [0.2, 0.25) is 103 Å². The summed E-state index contributed by atoms with van der Waals surface area (Å²) >= 11 is 2.42. The van der Waals surface area contributed by atoms with Crippen molar-refractivity contribution in [2.24, 2.45) is 11.5 Å². The van der Waals surface area contributed by atoms with Crippen molar-refractivity contribution in [3.05, 3.63) is 113 Å². The van der Waals surface area contributed by atoms with Crippen LogP contribution in [0, 0.1) is 3.57 Å². The van der Waals surface area contributed by atoms with Crippen molar-refractivity contribution >= 4 is 110 Å². The number of aromatic nitrogens is 10. The van der Waals surface area contributed by atoms with E-state index in [0.717, 1.165) is 79.2 Å². The minimum Gasteiger partial charge on any atom is -0.424 e. The second-order valence-corrected chi connectivity index (χ2v) is 59.8. The van der Waals surface area contributed by atoms with Crippen molar-refractivity contribution in [3.8, 4) is 33.6 Å². The van der Waals surface area contributed by atoms with Crippen molar-refractivity contribution in [2.45, 2.75) is 182 Å². The Morgan fingerprint density at radius 2 is 0.857 bits per heavy atom. The van der Waals surface area contributed by atoms with Crippen molar-refractivity contribution in [3.63, 3.8) is 0 Å². The van der Waals surface area contributed by atoms with Crippen molar-refractivity contribution in [1.82, 2.24) is 48.8 Å². The first kappa shape index (κ1) is 94.0. The quantitative estimate of drug-likeness (QED) is 0.0119. The molecule has 0 spiro atoms. The van der Waals surface area contributed by atoms with Crippen LogP contribution >= 0.6 is 22.6 Å². The van der Waals surface area contributed by atoms with Crippen LogP contribution in [0.25, 0.3) is 44.9 Å². The number of rotatable bonds is 39. The number of carbonyl (C=O) groups is 2. The van der Waals surface area contributed by atoms with E-state index in [2.05, 4.69) is 116 Å². The van der Waals surface area contributed by atoms with Gasteiger partial charge in [0, 0.05) is 126 Å². The Hall–Kier alpha value is -5.18. The third kappa shape index (κ3) is 26.9. The van der Waals surface area contributed by atoms with Gasteiger partial charge < -0.3 is 67.6 Å². The normalized spacial score (nSPS) is 17.7. The first-order valence-corrected chi connectivity index (χ1v) is 57.2. The second-order valence-electron chi connectivity index (χ2n) is 33.5. The fourth-order valence-corrected chi connectivity index (χ4v) is 18.3. The molecule has 8 aromatic rings. The number of nitrogens with zero attached hydrogens (tertiary/aromatic N) is 12. The van der Waals surface area contributed by atoms with Gasteiger partial charge in [-0.25, -0.2) is 27.7 Å². The van der Waals surface area contributed by atoms with E-state index in [9.17, 15) is 18.0 Å². The van der Waals surface area contributed by atoms with Crippen molar-refractivity contribution < 1.29 is 93.9 Å². The molecule has 6 heterocycles. The van der Waals surface area contributed by atoms with Crippen LogP contribution in [0.1, 0.15) is 74.6 Å². The van der Waals surface area contributed by atoms with E-state index in [1.807, 2.05) is 99.5 Å². The monoisotopic (exact) mass is 1780 g/mol. The molecule has 0 unspecified atom stereocenters. The molecule has 2 aliphatic carbocycles. The van der Waals surface area contributed by atoms with Gasteiger partial charge in [-0.2, -0.15) is 29.4 Å². The van der Waals surface area contributed by atoms with Gasteiger partial charge in [-0.3, -0.25) is 9.59 Å². The molecule has 2 saturated carbocycles. The van der Waals surface area contributed by atoms with Gasteiger partial charge in [-0.05, 0) is 122 Å². The van der Waals surface area contributed by atoms with E-state index in [-0.39, 0.29) is 66.4 Å². The zero-order valence-corrected chi connectivity index (χ0v) is 78.6. The molecule has 36 heteroatoms. The fourth-order valence-electron chi connectivity index (χ4n) is 13.0. The molecule has 6 aromatic heterocycles. The van der Waals surface area contributed by atoms with Crippen LogP contribution in [-0.2, 0) is 76.4 Å². The van der Waals surface area contributed by atoms with Gasteiger partial charge in [0.15, 0.2) is 32.8 Å². The van der Waals surface area contributed by atoms with Crippen LogP contribution < -0.4 is 50.8 Å². The van der Waals surface area contributed by atoms with Gasteiger partial charge >= 0.3 is 29.6 Å². The first-order chi connectivity index (χ1) is 52.4. The minimum atomic E-state index is -3.93. The van der Waals surface area contributed by atoms with Crippen LogP contribution in [0.5, 0.6) is 0 Å². The maximum absolute atomic E-state index is 14.1. The molecule has 2 amide bonds. The summed E-state index contributed by atoms with van der Waals surface area (Å²) in [5.41, 5.74) is 17.4. The molecule has 10 rings (SSSR count). The molecule has 0 bridgehead atoms. The molecule has 0 radical (unpaired) electrons. The van der Waals surface area contributed by atoms with Crippen LogP contribution in [0.4, 0.5) is 11.6 Å². The molecule has 112 heavy (non-hydrogen) atoms. The van der Waals surface area contributed by atoms with E-state index in [0.29, 0.717) is 134 Å². The van der Waals surface area contributed by atoms with Gasteiger partial charge in [-0.1, -0.05) is 132 Å². The number of methoxy groups -OCH3 is 2. The summed E-state index contributed by atoms with van der Waals surface area (Å²) in [6.45, 7) is 32.5. The first-order valence-electron chi connectivity index (χ1n) is 37.9. The number of amides is 2. The van der Waals surface area contributed by atoms with Gasteiger partial charge in [0.25, 0.3) is 0 Å². The van der Waals surface area contributed by atoms with Crippen LogP contribution in [-0.4, -0.2) is 219 Å². The number of primary amides is 2. The minimum absolute atomic E-state index is 0. The number of benzene rings is 2. The predicted octanol–water partition coefficient (Wildman–Crippen LogP) is 10.1. The maximum Gasteiger partial charge on any atom is 1.00 e. The summed E-state index contributed by atoms with van der Waals surface area (Å²) in [6, 6.07) is 23.9. The molecule has 2 fully saturated rings. The smallest absolute Gasteiger partial charge is 0.424 e. The number of fused-ring (bicyclic) bond motifs is 2. The zero-order chi connectivity index (χ0) is 81.1. The maximum atomic E-state index is 14.1. The zero-order valence-electron chi connectivity index (χ0n) is 68.8. The Morgan fingerprint density at radius 3 is 1.19 bits per heavy atom. The summed E-state index contributed by atoms with van der Waals surface area (Å²) in [7, 11) is -8.02. The molecule has 0 aliphatic heterocycles. The average Bonchev–Trinajstić information content (AvgIpc) is 1.42. The topological polar surface area (TPSA) is 331 Å². The molecule has 4 N–H and O–H groups in total. The average molecular weight is 1780 g/mol. The molecular formula is C76H118IN14NaO14S2Si4. The Labute approximate surface area is 703 Å². The Bertz CT molecular complexity index is 4460. The molecule has 0 saturated heterocycles. The third-order valence-corrected chi connectivity index (χ3v) is 28.5. The molecule has 612 valence electrons. The Kier molecular flexibility index (Phi) is 35.5. The fraction of sp³-hybridized carbons (Fsp3) is 0.579. The van der Waals surface area contributed by atoms with Crippen LogP contribution in [0.3, 0.4) is 0 Å².